The number of carbonyl (C=O) groups is 2. The summed E-state index contributed by atoms with van der Waals surface area (Å²) in [6.07, 6.45) is 3.85. The van der Waals surface area contributed by atoms with Crippen LogP contribution in [0.1, 0.15) is 32.6 Å². The number of ether oxygens (including phenoxy) is 2. The number of unbranched alkanes of at least 4 members (excludes halogenated alkanes) is 1. The van der Waals surface area contributed by atoms with Crippen molar-refractivity contribution in [2.75, 3.05) is 26.7 Å². The Balaban J connectivity index is 2.23. The molecule has 1 heterocycles. The Morgan fingerprint density at radius 1 is 1.24 bits per heavy atom. The van der Waals surface area contributed by atoms with E-state index >= 15 is 0 Å². The number of carbonyl (C=O) groups excluding carboxylic acids is 2. The molecule has 98 valence electrons. The van der Waals surface area contributed by atoms with E-state index in [2.05, 4.69) is 16.6 Å². The summed E-state index contributed by atoms with van der Waals surface area (Å²) in [6, 6.07) is 0. The zero-order chi connectivity index (χ0) is 12.7. The molecule has 1 aliphatic rings. The Morgan fingerprint density at radius 3 is 2.41 bits per heavy atom. The molecule has 1 rings (SSSR count). The van der Waals surface area contributed by atoms with Gasteiger partial charge in [0.25, 0.3) is 0 Å². The quantitative estimate of drug-likeness (QED) is 0.544. The Kier molecular flexibility index (Phi) is 5.97. The van der Waals surface area contributed by atoms with E-state index in [-0.39, 0.29) is 6.10 Å². The number of esters is 2. The summed E-state index contributed by atoms with van der Waals surface area (Å²) >= 11 is 0. The van der Waals surface area contributed by atoms with Gasteiger partial charge in [0.2, 0.25) is 0 Å². The molecule has 0 saturated carbocycles. The molecule has 0 spiro atoms. The van der Waals surface area contributed by atoms with Gasteiger partial charge in [-0.25, -0.2) is 9.59 Å². The van der Waals surface area contributed by atoms with Crippen LogP contribution in [0.5, 0.6) is 0 Å². The highest BCUT2D eigenvalue weighted by atomic mass is 16.6. The summed E-state index contributed by atoms with van der Waals surface area (Å²) in [7, 11) is 1.18. The van der Waals surface area contributed by atoms with Crippen LogP contribution in [0.2, 0.25) is 0 Å². The summed E-state index contributed by atoms with van der Waals surface area (Å²) in [5.74, 6) is -1.79. The third kappa shape index (κ3) is 4.73. The second-order valence-electron chi connectivity index (χ2n) is 4.29. The average molecular weight is 243 g/mol. The summed E-state index contributed by atoms with van der Waals surface area (Å²) < 4.78 is 9.36. The number of likely N-dealkylation sites (tertiary alicyclic amines) is 1. The van der Waals surface area contributed by atoms with Gasteiger partial charge in [0.05, 0.1) is 7.11 Å². The molecule has 0 atom stereocenters. The molecule has 1 saturated heterocycles. The van der Waals surface area contributed by atoms with Gasteiger partial charge in [0.1, 0.15) is 6.10 Å². The molecule has 0 N–H and O–H groups in total. The Bertz CT molecular complexity index is 259. The molecule has 17 heavy (non-hydrogen) atoms. The van der Waals surface area contributed by atoms with E-state index in [4.69, 9.17) is 4.74 Å². The fourth-order valence-electron chi connectivity index (χ4n) is 1.92. The maximum Gasteiger partial charge on any atom is 0.417 e. The molecule has 1 aliphatic heterocycles. The lowest BCUT2D eigenvalue weighted by Gasteiger charge is -2.31. The first-order valence-corrected chi connectivity index (χ1v) is 6.18. The highest BCUT2D eigenvalue weighted by molar-refractivity contribution is 6.29. The number of methoxy groups -OCH3 is 1. The number of hydrogen-bond acceptors (Lipinski definition) is 5. The van der Waals surface area contributed by atoms with Gasteiger partial charge in [-0.05, 0) is 25.8 Å². The second kappa shape index (κ2) is 7.27. The van der Waals surface area contributed by atoms with E-state index in [1.165, 1.54) is 20.0 Å². The van der Waals surface area contributed by atoms with Crippen molar-refractivity contribution in [2.24, 2.45) is 0 Å². The molecule has 0 bridgehead atoms. The summed E-state index contributed by atoms with van der Waals surface area (Å²) in [5, 5.41) is 0. The fraction of sp³-hybridized carbons (Fsp3) is 0.833. The average Bonchev–Trinajstić information content (AvgIpc) is 2.37. The van der Waals surface area contributed by atoms with Gasteiger partial charge in [-0.2, -0.15) is 0 Å². The van der Waals surface area contributed by atoms with Gasteiger partial charge in [-0.3, -0.25) is 0 Å². The van der Waals surface area contributed by atoms with Crippen molar-refractivity contribution >= 4 is 11.9 Å². The maximum atomic E-state index is 11.2. The molecule has 0 aromatic rings. The fourth-order valence-corrected chi connectivity index (χ4v) is 1.92. The monoisotopic (exact) mass is 243 g/mol. The zero-order valence-corrected chi connectivity index (χ0v) is 10.6. The van der Waals surface area contributed by atoms with E-state index in [1.54, 1.807) is 0 Å². The molecule has 0 radical (unpaired) electrons. The van der Waals surface area contributed by atoms with E-state index in [0.717, 1.165) is 32.5 Å². The van der Waals surface area contributed by atoms with Gasteiger partial charge in [0, 0.05) is 13.1 Å². The Labute approximate surface area is 102 Å². The largest absolute Gasteiger partial charge is 0.461 e. The normalized spacial score (nSPS) is 17.8. The van der Waals surface area contributed by atoms with Crippen molar-refractivity contribution in [1.82, 2.24) is 4.90 Å². The first-order chi connectivity index (χ1) is 8.17. The minimum Gasteiger partial charge on any atom is -0.461 e. The predicted octanol–water partition coefficient (Wildman–Crippen LogP) is 0.967. The van der Waals surface area contributed by atoms with E-state index in [0.29, 0.717) is 0 Å². The van der Waals surface area contributed by atoms with Crippen LogP contribution in [-0.2, 0) is 19.1 Å². The van der Waals surface area contributed by atoms with Crippen molar-refractivity contribution in [1.29, 1.82) is 0 Å². The molecule has 0 unspecified atom stereocenters. The van der Waals surface area contributed by atoms with Gasteiger partial charge in [-0.1, -0.05) is 13.3 Å². The molecular formula is C12H21NO4. The van der Waals surface area contributed by atoms with Crippen molar-refractivity contribution in [2.45, 2.75) is 38.7 Å². The number of rotatable bonds is 4. The van der Waals surface area contributed by atoms with Crippen LogP contribution < -0.4 is 0 Å². The van der Waals surface area contributed by atoms with Crippen molar-refractivity contribution in [3.05, 3.63) is 0 Å². The van der Waals surface area contributed by atoms with E-state index in [1.807, 2.05) is 0 Å². The van der Waals surface area contributed by atoms with E-state index in [9.17, 15) is 9.59 Å². The number of nitrogens with zero attached hydrogens (tertiary/aromatic N) is 1. The van der Waals surface area contributed by atoms with Crippen LogP contribution in [-0.4, -0.2) is 49.7 Å². The SMILES string of the molecule is CCCCN1CCC(OC(=O)C(=O)OC)CC1. The minimum atomic E-state index is -0.918. The Hall–Kier alpha value is -1.10. The van der Waals surface area contributed by atoms with Crippen LogP contribution in [0.15, 0.2) is 0 Å². The predicted molar refractivity (Wildman–Crippen MR) is 62.5 cm³/mol. The number of hydrogen-bond donors (Lipinski definition) is 0. The molecule has 0 aromatic heterocycles. The minimum absolute atomic E-state index is 0.139. The van der Waals surface area contributed by atoms with Gasteiger partial charge >= 0.3 is 11.9 Å². The second-order valence-corrected chi connectivity index (χ2v) is 4.29. The third-order valence-electron chi connectivity index (χ3n) is 2.99. The molecule has 0 amide bonds. The first-order valence-electron chi connectivity index (χ1n) is 6.18. The summed E-state index contributed by atoms with van der Waals surface area (Å²) in [6.45, 7) is 5.14. The lowest BCUT2D eigenvalue weighted by Crippen LogP contribution is -2.39. The smallest absolute Gasteiger partial charge is 0.417 e. The van der Waals surface area contributed by atoms with Gasteiger partial charge < -0.3 is 14.4 Å². The maximum absolute atomic E-state index is 11.2. The molecule has 1 fully saturated rings. The van der Waals surface area contributed by atoms with Gasteiger partial charge in [0.15, 0.2) is 0 Å². The lowest BCUT2D eigenvalue weighted by molar-refractivity contribution is -0.170. The van der Waals surface area contributed by atoms with E-state index < -0.39 is 11.9 Å². The lowest BCUT2D eigenvalue weighted by atomic mass is 10.1. The van der Waals surface area contributed by atoms with Crippen LogP contribution in [0.25, 0.3) is 0 Å². The van der Waals surface area contributed by atoms with Crippen LogP contribution in [0.3, 0.4) is 0 Å². The van der Waals surface area contributed by atoms with Crippen molar-refractivity contribution < 1.29 is 19.1 Å². The zero-order valence-electron chi connectivity index (χ0n) is 10.6. The summed E-state index contributed by atoms with van der Waals surface area (Å²) in [5.41, 5.74) is 0. The first kappa shape index (κ1) is 14.0. The molecule has 5 heteroatoms. The van der Waals surface area contributed by atoms with Gasteiger partial charge in [-0.15, -0.1) is 0 Å². The summed E-state index contributed by atoms with van der Waals surface area (Å²) in [4.78, 5) is 24.4. The Morgan fingerprint density at radius 2 is 1.88 bits per heavy atom. The van der Waals surface area contributed by atoms with Crippen LogP contribution in [0, 0.1) is 0 Å². The van der Waals surface area contributed by atoms with Crippen molar-refractivity contribution in [3.8, 4) is 0 Å². The third-order valence-corrected chi connectivity index (χ3v) is 2.99. The highest BCUT2D eigenvalue weighted by Crippen LogP contribution is 2.14. The molecule has 0 aromatic carbocycles. The van der Waals surface area contributed by atoms with Crippen LogP contribution >= 0.6 is 0 Å². The van der Waals surface area contributed by atoms with Crippen LogP contribution in [0.4, 0.5) is 0 Å². The molecule has 5 nitrogen and oxygen atoms in total. The highest BCUT2D eigenvalue weighted by Gasteiger charge is 2.25. The standard InChI is InChI=1S/C12H21NO4/c1-3-4-7-13-8-5-10(6-9-13)17-12(15)11(14)16-2/h10H,3-9H2,1-2H3. The topological polar surface area (TPSA) is 55.8 Å². The van der Waals surface area contributed by atoms with Crippen molar-refractivity contribution in [3.63, 3.8) is 0 Å². The molecular weight excluding hydrogens is 222 g/mol. The number of piperidine rings is 1. The molecule has 0 aliphatic carbocycles.